The van der Waals surface area contributed by atoms with E-state index in [4.69, 9.17) is 11.6 Å². The summed E-state index contributed by atoms with van der Waals surface area (Å²) in [7, 11) is 0. The van der Waals surface area contributed by atoms with Crippen molar-refractivity contribution in [2.45, 2.75) is 6.43 Å². The van der Waals surface area contributed by atoms with Gasteiger partial charge in [-0.15, -0.1) is 0 Å². The van der Waals surface area contributed by atoms with Crippen LogP contribution < -0.4 is 0 Å². The van der Waals surface area contributed by atoms with Crippen molar-refractivity contribution in [1.29, 1.82) is 0 Å². The number of hydrogen-bond acceptors (Lipinski definition) is 2. The van der Waals surface area contributed by atoms with E-state index in [2.05, 4.69) is 0 Å². The standard InChI is InChI=1S/C7H3ClF2INO2/c8-4-2-6(12(13)14)3(7(9)10)1-5(4)11/h1-2,7H. The number of benzene rings is 1. The second-order valence-electron chi connectivity index (χ2n) is 2.38. The lowest BCUT2D eigenvalue weighted by molar-refractivity contribution is -0.386. The Morgan fingerprint density at radius 3 is 2.50 bits per heavy atom. The van der Waals surface area contributed by atoms with E-state index >= 15 is 0 Å². The minimum Gasteiger partial charge on any atom is -0.258 e. The molecule has 1 aromatic carbocycles. The third kappa shape index (κ3) is 2.30. The van der Waals surface area contributed by atoms with Gasteiger partial charge in [-0.25, -0.2) is 8.78 Å². The van der Waals surface area contributed by atoms with Crippen LogP contribution in [-0.2, 0) is 0 Å². The topological polar surface area (TPSA) is 43.1 Å². The minimum atomic E-state index is -2.87. The normalized spacial score (nSPS) is 10.6. The number of nitrogens with zero attached hydrogens (tertiary/aromatic N) is 1. The van der Waals surface area contributed by atoms with Crippen LogP contribution in [0.15, 0.2) is 12.1 Å². The van der Waals surface area contributed by atoms with Crippen LogP contribution in [-0.4, -0.2) is 4.92 Å². The van der Waals surface area contributed by atoms with Gasteiger partial charge in [0.15, 0.2) is 0 Å². The lowest BCUT2D eigenvalue weighted by Crippen LogP contribution is -1.97. The monoisotopic (exact) mass is 333 g/mol. The van der Waals surface area contributed by atoms with Crippen LogP contribution in [0.5, 0.6) is 0 Å². The highest BCUT2D eigenvalue weighted by molar-refractivity contribution is 14.1. The number of halogens is 4. The maximum atomic E-state index is 12.3. The average molecular weight is 333 g/mol. The molecule has 1 rings (SSSR count). The van der Waals surface area contributed by atoms with Gasteiger partial charge in [0.25, 0.3) is 12.1 Å². The van der Waals surface area contributed by atoms with Crippen LogP contribution in [0, 0.1) is 13.7 Å². The first kappa shape index (κ1) is 11.6. The maximum absolute atomic E-state index is 12.3. The van der Waals surface area contributed by atoms with E-state index in [-0.39, 0.29) is 5.02 Å². The van der Waals surface area contributed by atoms with Crippen molar-refractivity contribution in [3.05, 3.63) is 36.4 Å². The van der Waals surface area contributed by atoms with E-state index in [1.807, 2.05) is 0 Å². The van der Waals surface area contributed by atoms with Crippen LogP contribution in [0.2, 0.25) is 5.02 Å². The molecule has 0 saturated carbocycles. The molecular weight excluding hydrogens is 330 g/mol. The smallest absolute Gasteiger partial charge is 0.258 e. The molecule has 14 heavy (non-hydrogen) atoms. The predicted octanol–water partition coefficient (Wildman–Crippen LogP) is 3.79. The lowest BCUT2D eigenvalue weighted by atomic mass is 10.2. The van der Waals surface area contributed by atoms with Gasteiger partial charge in [-0.3, -0.25) is 10.1 Å². The van der Waals surface area contributed by atoms with E-state index in [0.717, 1.165) is 12.1 Å². The molecule has 0 saturated heterocycles. The predicted molar refractivity (Wildman–Crippen MR) is 55.8 cm³/mol. The fourth-order valence-corrected chi connectivity index (χ4v) is 1.53. The molecule has 0 aliphatic heterocycles. The Labute approximate surface area is 96.3 Å². The van der Waals surface area contributed by atoms with Gasteiger partial charge in [-0.05, 0) is 28.7 Å². The molecule has 1 aromatic rings. The molecule has 0 aromatic heterocycles. The van der Waals surface area contributed by atoms with Gasteiger partial charge in [0.05, 0.1) is 15.5 Å². The largest absolute Gasteiger partial charge is 0.279 e. The summed E-state index contributed by atoms with van der Waals surface area (Å²) in [6.07, 6.45) is -2.87. The van der Waals surface area contributed by atoms with Crippen LogP contribution in [0.1, 0.15) is 12.0 Å². The summed E-state index contributed by atoms with van der Waals surface area (Å²) in [4.78, 5) is 9.53. The van der Waals surface area contributed by atoms with Gasteiger partial charge in [0.2, 0.25) is 0 Å². The first-order valence-electron chi connectivity index (χ1n) is 3.35. The second-order valence-corrected chi connectivity index (χ2v) is 3.95. The average Bonchev–Trinajstić information content (AvgIpc) is 2.08. The van der Waals surface area contributed by atoms with Gasteiger partial charge in [0, 0.05) is 9.64 Å². The van der Waals surface area contributed by atoms with Gasteiger partial charge >= 0.3 is 0 Å². The molecule has 0 aliphatic carbocycles. The van der Waals surface area contributed by atoms with Crippen molar-refractivity contribution in [3.63, 3.8) is 0 Å². The SMILES string of the molecule is O=[N+]([O-])c1cc(Cl)c(I)cc1C(F)F. The van der Waals surface area contributed by atoms with E-state index in [1.165, 1.54) is 0 Å². The number of nitro groups is 1. The molecule has 0 amide bonds. The second kappa shape index (κ2) is 4.35. The molecule has 0 atom stereocenters. The number of rotatable bonds is 2. The van der Waals surface area contributed by atoms with Crippen molar-refractivity contribution < 1.29 is 13.7 Å². The highest BCUT2D eigenvalue weighted by Crippen LogP contribution is 2.33. The number of alkyl halides is 2. The molecular formula is C7H3ClF2INO2. The Bertz CT molecular complexity index is 386. The van der Waals surface area contributed by atoms with Crippen LogP contribution in [0.3, 0.4) is 0 Å². The van der Waals surface area contributed by atoms with Crippen LogP contribution >= 0.6 is 34.2 Å². The van der Waals surface area contributed by atoms with E-state index in [1.54, 1.807) is 22.6 Å². The summed E-state index contributed by atoms with van der Waals surface area (Å²) in [6.45, 7) is 0. The highest BCUT2D eigenvalue weighted by Gasteiger charge is 2.23. The Kier molecular flexibility index (Phi) is 3.59. The Hall–Kier alpha value is -0.500. The van der Waals surface area contributed by atoms with E-state index in [0.29, 0.717) is 3.57 Å². The Morgan fingerprint density at radius 2 is 2.07 bits per heavy atom. The van der Waals surface area contributed by atoms with Crippen molar-refractivity contribution in [2.75, 3.05) is 0 Å². The molecule has 0 unspecified atom stereocenters. The van der Waals surface area contributed by atoms with Crippen LogP contribution in [0.25, 0.3) is 0 Å². The molecule has 0 radical (unpaired) electrons. The quantitative estimate of drug-likeness (QED) is 0.469. The zero-order chi connectivity index (χ0) is 10.9. The fraction of sp³-hybridized carbons (Fsp3) is 0.143. The van der Waals surface area contributed by atoms with Gasteiger partial charge < -0.3 is 0 Å². The molecule has 0 fully saturated rings. The van der Waals surface area contributed by atoms with Crippen molar-refractivity contribution >= 4 is 39.9 Å². The number of hydrogen-bond donors (Lipinski definition) is 0. The van der Waals surface area contributed by atoms with Crippen molar-refractivity contribution in [1.82, 2.24) is 0 Å². The summed E-state index contributed by atoms with van der Waals surface area (Å²) in [5.74, 6) is 0. The molecule has 3 nitrogen and oxygen atoms in total. The molecule has 0 aliphatic rings. The molecule has 0 bridgehead atoms. The molecule has 0 N–H and O–H groups in total. The summed E-state index contributed by atoms with van der Waals surface area (Å²) in [5.41, 5.74) is -1.26. The van der Waals surface area contributed by atoms with Gasteiger partial charge in [-0.2, -0.15) is 0 Å². The Balaban J connectivity index is 3.39. The molecule has 0 spiro atoms. The van der Waals surface area contributed by atoms with E-state index in [9.17, 15) is 18.9 Å². The van der Waals surface area contributed by atoms with Crippen LogP contribution in [0.4, 0.5) is 14.5 Å². The summed E-state index contributed by atoms with van der Waals surface area (Å²) in [6, 6.07) is 1.95. The number of nitro benzene ring substituents is 1. The van der Waals surface area contributed by atoms with Crippen molar-refractivity contribution in [2.24, 2.45) is 0 Å². The van der Waals surface area contributed by atoms with Gasteiger partial charge in [-0.1, -0.05) is 11.6 Å². The van der Waals surface area contributed by atoms with E-state index < -0.39 is 22.6 Å². The summed E-state index contributed by atoms with van der Waals surface area (Å²) >= 11 is 7.31. The Morgan fingerprint density at radius 1 is 1.50 bits per heavy atom. The summed E-state index contributed by atoms with van der Waals surface area (Å²) < 4.78 is 25.1. The molecule has 0 heterocycles. The zero-order valence-electron chi connectivity index (χ0n) is 6.51. The first-order valence-corrected chi connectivity index (χ1v) is 4.80. The zero-order valence-corrected chi connectivity index (χ0v) is 9.42. The third-order valence-electron chi connectivity index (χ3n) is 1.50. The van der Waals surface area contributed by atoms with Crippen molar-refractivity contribution in [3.8, 4) is 0 Å². The molecule has 76 valence electrons. The first-order chi connectivity index (χ1) is 6.43. The maximum Gasteiger partial charge on any atom is 0.279 e. The summed E-state index contributed by atoms with van der Waals surface area (Å²) in [5, 5.41) is 10.5. The van der Waals surface area contributed by atoms with Gasteiger partial charge in [0.1, 0.15) is 0 Å². The lowest BCUT2D eigenvalue weighted by Gasteiger charge is -2.03. The molecule has 7 heteroatoms. The highest BCUT2D eigenvalue weighted by atomic mass is 127. The minimum absolute atomic E-state index is 0.0988. The fourth-order valence-electron chi connectivity index (χ4n) is 0.885. The third-order valence-corrected chi connectivity index (χ3v) is 3.03.